The molecule has 0 aliphatic heterocycles. The van der Waals surface area contributed by atoms with Crippen molar-refractivity contribution in [3.8, 4) is 0 Å². The Kier molecular flexibility index (Phi) is 18.4. The molecule has 220 valence electrons. The number of carbonyl (C=O) groups excluding carboxylic acids is 3. The number of unbranched alkanes of at least 4 members (excludes halogenated alkanes) is 10. The van der Waals surface area contributed by atoms with E-state index in [-0.39, 0.29) is 24.8 Å². The van der Waals surface area contributed by atoms with E-state index in [9.17, 15) is 24.3 Å². The molecule has 8 nitrogen and oxygen atoms in total. The Labute approximate surface area is 235 Å². The number of nitrogens with one attached hydrogen (secondary N) is 3. The Bertz CT molecular complexity index is 844. The number of rotatable bonds is 22. The van der Waals surface area contributed by atoms with Gasteiger partial charge in [0, 0.05) is 12.8 Å². The summed E-state index contributed by atoms with van der Waals surface area (Å²) in [6.45, 7) is 5.85. The molecule has 1 aromatic carbocycles. The van der Waals surface area contributed by atoms with E-state index in [4.69, 9.17) is 0 Å². The third-order valence-corrected chi connectivity index (χ3v) is 6.71. The van der Waals surface area contributed by atoms with E-state index in [1.807, 2.05) is 32.0 Å². The van der Waals surface area contributed by atoms with E-state index < -0.39 is 29.9 Å². The fourth-order valence-electron chi connectivity index (χ4n) is 4.49. The highest BCUT2D eigenvalue weighted by atomic mass is 16.4. The summed E-state index contributed by atoms with van der Waals surface area (Å²) in [4.78, 5) is 49.3. The minimum absolute atomic E-state index is 0.0918. The van der Waals surface area contributed by atoms with Gasteiger partial charge in [0.2, 0.25) is 17.7 Å². The lowest BCUT2D eigenvalue weighted by Gasteiger charge is -2.23. The lowest BCUT2D eigenvalue weighted by molar-refractivity contribution is -0.142. The Hall–Kier alpha value is -2.90. The van der Waals surface area contributed by atoms with Crippen molar-refractivity contribution in [2.75, 3.05) is 6.54 Å². The second-order valence-corrected chi connectivity index (χ2v) is 10.9. The Morgan fingerprint density at radius 3 is 1.85 bits per heavy atom. The molecule has 0 unspecified atom stereocenters. The molecule has 39 heavy (non-hydrogen) atoms. The zero-order valence-electron chi connectivity index (χ0n) is 24.3. The van der Waals surface area contributed by atoms with Crippen LogP contribution in [0.3, 0.4) is 0 Å². The van der Waals surface area contributed by atoms with Gasteiger partial charge < -0.3 is 21.1 Å². The van der Waals surface area contributed by atoms with Crippen LogP contribution < -0.4 is 16.0 Å². The highest BCUT2D eigenvalue weighted by molar-refractivity contribution is 5.92. The maximum Gasteiger partial charge on any atom is 0.326 e. The lowest BCUT2D eigenvalue weighted by Crippen LogP contribution is -2.54. The molecular weight excluding hydrogens is 494 g/mol. The number of benzene rings is 1. The van der Waals surface area contributed by atoms with Crippen molar-refractivity contribution in [1.29, 1.82) is 0 Å². The second-order valence-electron chi connectivity index (χ2n) is 10.9. The maximum absolute atomic E-state index is 12.9. The van der Waals surface area contributed by atoms with Crippen LogP contribution in [-0.4, -0.2) is 47.4 Å². The number of aliphatic carboxylic acids is 1. The van der Waals surface area contributed by atoms with Crippen LogP contribution in [0, 0.1) is 5.92 Å². The van der Waals surface area contributed by atoms with E-state index in [2.05, 4.69) is 22.9 Å². The average molecular weight is 546 g/mol. The summed E-state index contributed by atoms with van der Waals surface area (Å²) in [6, 6.07) is 7.05. The standard InChI is InChI=1S/C31H51N3O5/c1-4-5-6-7-8-9-10-11-12-13-17-20-28(35)32-23-29(36)33-26(21-24(2)3)30(37)34-27(31(38)39)22-25-18-15-14-16-19-25/h14-16,18-19,24,26-27H,4-13,17,20-23H2,1-3H3,(H,32,35)(H,33,36)(H,34,37)(H,38,39)/t26-,27-/m0/s1. The summed E-state index contributed by atoms with van der Waals surface area (Å²) < 4.78 is 0. The van der Waals surface area contributed by atoms with E-state index in [0.29, 0.717) is 12.8 Å². The largest absolute Gasteiger partial charge is 0.480 e. The van der Waals surface area contributed by atoms with Gasteiger partial charge in [0.1, 0.15) is 12.1 Å². The summed E-state index contributed by atoms with van der Waals surface area (Å²) in [5.74, 6) is -2.25. The Morgan fingerprint density at radius 1 is 0.744 bits per heavy atom. The third kappa shape index (κ3) is 17.3. The van der Waals surface area contributed by atoms with Gasteiger partial charge in [0.15, 0.2) is 0 Å². The molecule has 2 atom stereocenters. The number of carbonyl (C=O) groups is 4. The van der Waals surface area contributed by atoms with Crippen LogP contribution in [-0.2, 0) is 25.6 Å². The molecule has 0 heterocycles. The third-order valence-electron chi connectivity index (χ3n) is 6.71. The van der Waals surface area contributed by atoms with Gasteiger partial charge in [-0.1, -0.05) is 115 Å². The molecule has 0 saturated carbocycles. The van der Waals surface area contributed by atoms with Crippen LogP contribution in [0.25, 0.3) is 0 Å². The summed E-state index contributed by atoms with van der Waals surface area (Å²) >= 11 is 0. The molecule has 1 aromatic rings. The van der Waals surface area contributed by atoms with Gasteiger partial charge in [-0.15, -0.1) is 0 Å². The van der Waals surface area contributed by atoms with Gasteiger partial charge in [-0.05, 0) is 24.3 Å². The van der Waals surface area contributed by atoms with Gasteiger partial charge in [-0.2, -0.15) is 0 Å². The normalized spacial score (nSPS) is 12.5. The van der Waals surface area contributed by atoms with Gasteiger partial charge in [-0.25, -0.2) is 4.79 Å². The fourth-order valence-corrected chi connectivity index (χ4v) is 4.49. The molecule has 0 saturated heterocycles. The van der Waals surface area contributed by atoms with Crippen molar-refractivity contribution in [3.05, 3.63) is 35.9 Å². The van der Waals surface area contributed by atoms with Crippen LogP contribution in [0.2, 0.25) is 0 Å². The number of hydrogen-bond acceptors (Lipinski definition) is 4. The molecule has 0 aromatic heterocycles. The minimum atomic E-state index is -1.14. The molecule has 0 fully saturated rings. The average Bonchev–Trinajstić information content (AvgIpc) is 2.90. The summed E-state index contributed by atoms with van der Waals surface area (Å²) in [5.41, 5.74) is 0.787. The first-order chi connectivity index (χ1) is 18.7. The van der Waals surface area contributed by atoms with Crippen LogP contribution in [0.15, 0.2) is 30.3 Å². The van der Waals surface area contributed by atoms with Crippen molar-refractivity contribution in [2.24, 2.45) is 5.92 Å². The van der Waals surface area contributed by atoms with E-state index in [1.165, 1.54) is 51.4 Å². The number of amides is 3. The quantitative estimate of drug-likeness (QED) is 0.150. The summed E-state index contributed by atoms with van der Waals surface area (Å²) in [6.07, 6.45) is 14.1. The molecule has 8 heteroatoms. The van der Waals surface area contributed by atoms with Gasteiger partial charge in [-0.3, -0.25) is 14.4 Å². The number of carboxylic acid groups (broad SMARTS) is 1. The molecule has 0 bridgehead atoms. The molecule has 3 amide bonds. The van der Waals surface area contributed by atoms with Crippen LogP contribution in [0.5, 0.6) is 0 Å². The topological polar surface area (TPSA) is 125 Å². The predicted octanol–water partition coefficient (Wildman–Crippen LogP) is 5.15. The molecule has 0 radical (unpaired) electrons. The minimum Gasteiger partial charge on any atom is -0.480 e. The van der Waals surface area contributed by atoms with Crippen LogP contribution in [0.4, 0.5) is 0 Å². The van der Waals surface area contributed by atoms with Gasteiger partial charge in [0.25, 0.3) is 0 Å². The van der Waals surface area contributed by atoms with Crippen molar-refractivity contribution < 1.29 is 24.3 Å². The summed E-state index contributed by atoms with van der Waals surface area (Å²) in [7, 11) is 0. The first-order valence-electron chi connectivity index (χ1n) is 14.9. The first kappa shape index (κ1) is 34.1. The van der Waals surface area contributed by atoms with Crippen molar-refractivity contribution in [2.45, 2.75) is 123 Å². The van der Waals surface area contributed by atoms with Crippen molar-refractivity contribution in [1.82, 2.24) is 16.0 Å². The molecule has 0 aliphatic carbocycles. The molecule has 4 N–H and O–H groups in total. The highest BCUT2D eigenvalue weighted by Gasteiger charge is 2.27. The SMILES string of the molecule is CCCCCCCCCCCCCC(=O)NCC(=O)N[C@@H](CC(C)C)C(=O)N[C@@H](Cc1ccccc1)C(=O)O. The van der Waals surface area contributed by atoms with Gasteiger partial charge >= 0.3 is 5.97 Å². The van der Waals surface area contributed by atoms with Crippen molar-refractivity contribution >= 4 is 23.7 Å². The Morgan fingerprint density at radius 2 is 1.31 bits per heavy atom. The zero-order valence-corrected chi connectivity index (χ0v) is 24.3. The zero-order chi connectivity index (χ0) is 28.9. The second kappa shape index (κ2) is 21.0. The number of carboxylic acids is 1. The van der Waals surface area contributed by atoms with E-state index in [0.717, 1.165) is 24.8 Å². The predicted molar refractivity (Wildman–Crippen MR) is 155 cm³/mol. The molecule has 0 aliphatic rings. The fraction of sp³-hybridized carbons (Fsp3) is 0.677. The van der Waals surface area contributed by atoms with Crippen LogP contribution in [0.1, 0.15) is 110 Å². The van der Waals surface area contributed by atoms with E-state index >= 15 is 0 Å². The Balaban J connectivity index is 2.35. The van der Waals surface area contributed by atoms with Crippen LogP contribution >= 0.6 is 0 Å². The molecule has 0 spiro atoms. The molecule has 1 rings (SSSR count). The van der Waals surface area contributed by atoms with Crippen molar-refractivity contribution in [3.63, 3.8) is 0 Å². The first-order valence-corrected chi connectivity index (χ1v) is 14.9. The summed E-state index contributed by atoms with van der Waals surface area (Å²) in [5, 5.41) is 17.5. The monoisotopic (exact) mass is 545 g/mol. The number of hydrogen-bond donors (Lipinski definition) is 4. The lowest BCUT2D eigenvalue weighted by atomic mass is 10.0. The van der Waals surface area contributed by atoms with Gasteiger partial charge in [0.05, 0.1) is 6.54 Å². The highest BCUT2D eigenvalue weighted by Crippen LogP contribution is 2.12. The van der Waals surface area contributed by atoms with E-state index in [1.54, 1.807) is 12.1 Å². The molecular formula is C31H51N3O5. The maximum atomic E-state index is 12.9. The smallest absolute Gasteiger partial charge is 0.326 e.